The number of aliphatic carboxylic acids is 1. The zero-order chi connectivity index (χ0) is 32.2. The number of carboxylic acid groups (broad SMARTS) is 1. The van der Waals surface area contributed by atoms with Gasteiger partial charge < -0.3 is 39.5 Å². The largest absolute Gasteiger partial charge is 0.504 e. The molecule has 236 valence electrons. The van der Waals surface area contributed by atoms with Crippen molar-refractivity contribution in [2.75, 3.05) is 13.6 Å². The highest BCUT2D eigenvalue weighted by molar-refractivity contribution is 5.83. The van der Waals surface area contributed by atoms with E-state index in [4.69, 9.17) is 24.1 Å². The summed E-state index contributed by atoms with van der Waals surface area (Å²) in [5.41, 5.74) is 0.0716. The number of aromatic hydroxyl groups is 1. The maximum atomic E-state index is 13.5. The summed E-state index contributed by atoms with van der Waals surface area (Å²) in [5.74, 6) is -4.07. The van der Waals surface area contributed by atoms with Crippen molar-refractivity contribution in [2.45, 2.75) is 67.7 Å². The third-order valence-corrected chi connectivity index (χ3v) is 8.71. The summed E-state index contributed by atoms with van der Waals surface area (Å²) >= 11 is 0. The van der Waals surface area contributed by atoms with Gasteiger partial charge in [0.2, 0.25) is 6.10 Å². The zero-order valence-corrected chi connectivity index (χ0v) is 23.6. The summed E-state index contributed by atoms with van der Waals surface area (Å²) in [6.45, 7) is 1.95. The monoisotopic (exact) mass is 621 g/mol. The molecule has 2 bridgehead atoms. The first-order valence-electron chi connectivity index (χ1n) is 13.7. The molecule has 4 N–H and O–H groups in total. The lowest BCUT2D eigenvalue weighted by atomic mass is 9.50. The van der Waals surface area contributed by atoms with E-state index < -0.39 is 53.4 Å². The molecule has 0 amide bonds. The zero-order valence-electron chi connectivity index (χ0n) is 23.6. The van der Waals surface area contributed by atoms with Gasteiger partial charge >= 0.3 is 24.1 Å². The second kappa shape index (κ2) is 11.1. The number of alkyl halides is 3. The Labute approximate surface area is 249 Å². The number of nitrogens with zero attached hydrogens (tertiary/aromatic N) is 1. The van der Waals surface area contributed by atoms with Crippen LogP contribution in [0.1, 0.15) is 42.6 Å². The third-order valence-electron chi connectivity index (χ3n) is 8.71. The van der Waals surface area contributed by atoms with Crippen LogP contribution in [0.5, 0.6) is 11.5 Å². The van der Waals surface area contributed by atoms with Crippen molar-refractivity contribution in [1.82, 2.24) is 4.90 Å². The second-order valence-corrected chi connectivity index (χ2v) is 11.2. The summed E-state index contributed by atoms with van der Waals surface area (Å²) < 4.78 is 49.2. The first-order valence-corrected chi connectivity index (χ1v) is 13.7. The summed E-state index contributed by atoms with van der Waals surface area (Å²) in [5, 5.41) is 39.7. The Balaban J connectivity index is 0.000000493. The molecule has 2 aliphatic carbocycles. The highest BCUT2D eigenvalue weighted by Gasteiger charge is 2.72. The van der Waals surface area contributed by atoms with Gasteiger partial charge in [-0.1, -0.05) is 36.4 Å². The number of likely N-dealkylation sites (N-methyl/N-ethyl adjacent to an activating group) is 1. The molecule has 0 aromatic heterocycles. The van der Waals surface area contributed by atoms with Crippen molar-refractivity contribution in [3.8, 4) is 11.5 Å². The molecule has 2 aromatic rings. The van der Waals surface area contributed by atoms with E-state index in [0.29, 0.717) is 30.7 Å². The lowest BCUT2D eigenvalue weighted by Crippen LogP contribution is -2.74. The van der Waals surface area contributed by atoms with Crippen molar-refractivity contribution >= 4 is 17.9 Å². The topological polar surface area (TPSA) is 163 Å². The maximum absolute atomic E-state index is 13.5. The van der Waals surface area contributed by atoms with Crippen LogP contribution >= 0.6 is 0 Å². The molecular weight excluding hydrogens is 591 g/mol. The van der Waals surface area contributed by atoms with Crippen LogP contribution in [-0.4, -0.2) is 86.9 Å². The highest BCUT2D eigenvalue weighted by Crippen LogP contribution is 2.65. The molecule has 1 fully saturated rings. The van der Waals surface area contributed by atoms with Gasteiger partial charge in [0, 0.05) is 23.6 Å². The van der Waals surface area contributed by atoms with E-state index in [0.717, 1.165) is 11.1 Å². The predicted octanol–water partition coefficient (Wildman–Crippen LogP) is 2.51. The number of esters is 2. The minimum atomic E-state index is -5.08. The summed E-state index contributed by atoms with van der Waals surface area (Å²) in [6.07, 6.45) is -5.72. The SMILES string of the molecule is CC(O)C(=O)OC(C(=O)OC1=CC[C@@]2(O)[C@H]3Cc4ccc(O)c5c4[C@@]2(CCN3C)[C@H]1O5)c1ccccc1.O=C(O)C(F)(F)F. The molecule has 2 aliphatic heterocycles. The second-order valence-electron chi connectivity index (χ2n) is 11.2. The standard InChI is InChI=1S/C28H29NO8.C2HF3O2/c1-15(30)25(32)37-22(16-6-4-3-5-7-16)26(33)35-19-10-11-28(34)20-14-17-8-9-18(31)23-21(17)27(28,24(19)36-23)12-13-29(20)2;3-2(4,5)1(6)7/h3-10,15,20,22,24,30-31,34H,11-14H2,1-2H3;(H,6,7)/t15?,20-,22?,24+,27+,28-;/m1./s1. The number of halogens is 3. The molecule has 1 saturated heterocycles. The van der Waals surface area contributed by atoms with Gasteiger partial charge in [-0.3, -0.25) is 0 Å². The first kappa shape index (κ1) is 31.3. The smallest absolute Gasteiger partial charge is 0.490 e. The van der Waals surface area contributed by atoms with E-state index in [-0.39, 0.29) is 24.0 Å². The molecule has 2 heterocycles. The van der Waals surface area contributed by atoms with Gasteiger partial charge in [0.15, 0.2) is 17.6 Å². The van der Waals surface area contributed by atoms with E-state index in [1.54, 1.807) is 42.5 Å². The van der Waals surface area contributed by atoms with E-state index in [1.165, 1.54) is 6.92 Å². The van der Waals surface area contributed by atoms with Gasteiger partial charge in [-0.15, -0.1) is 0 Å². The van der Waals surface area contributed by atoms with Crippen LogP contribution in [0, 0.1) is 0 Å². The lowest BCUT2D eigenvalue weighted by molar-refractivity contribution is -0.192. The van der Waals surface area contributed by atoms with Crippen molar-refractivity contribution in [3.05, 3.63) is 71.0 Å². The molecule has 14 heteroatoms. The number of phenols is 1. The molecule has 1 spiro atoms. The van der Waals surface area contributed by atoms with Crippen molar-refractivity contribution in [2.24, 2.45) is 0 Å². The molecule has 0 saturated carbocycles. The van der Waals surface area contributed by atoms with Crippen molar-refractivity contribution in [1.29, 1.82) is 0 Å². The molecule has 44 heavy (non-hydrogen) atoms. The number of rotatable bonds is 5. The lowest BCUT2D eigenvalue weighted by Gasteiger charge is -2.61. The van der Waals surface area contributed by atoms with Crippen LogP contribution in [0.15, 0.2) is 54.3 Å². The fraction of sp³-hybridized carbons (Fsp3) is 0.433. The van der Waals surface area contributed by atoms with Crippen LogP contribution in [-0.2, 0) is 35.7 Å². The van der Waals surface area contributed by atoms with Crippen LogP contribution in [0.4, 0.5) is 13.2 Å². The number of hydrogen-bond acceptors (Lipinski definition) is 10. The Morgan fingerprint density at radius 1 is 1.11 bits per heavy atom. The van der Waals surface area contributed by atoms with E-state index >= 15 is 0 Å². The minimum absolute atomic E-state index is 0.0269. The third kappa shape index (κ3) is 4.96. The van der Waals surface area contributed by atoms with Crippen LogP contribution in [0.25, 0.3) is 0 Å². The van der Waals surface area contributed by atoms with Crippen LogP contribution in [0.3, 0.4) is 0 Å². The molecule has 6 atom stereocenters. The fourth-order valence-electron chi connectivity index (χ4n) is 6.70. The molecule has 6 rings (SSSR count). The average Bonchev–Trinajstić information content (AvgIpc) is 3.33. The number of hydrogen-bond donors (Lipinski definition) is 4. The van der Waals surface area contributed by atoms with Crippen LogP contribution < -0.4 is 4.74 Å². The highest BCUT2D eigenvalue weighted by atomic mass is 19.4. The number of aliphatic hydroxyl groups is 2. The molecule has 0 radical (unpaired) electrons. The molecule has 2 unspecified atom stereocenters. The number of piperidine rings is 1. The number of likely N-dealkylation sites (tertiary alicyclic amines) is 1. The van der Waals surface area contributed by atoms with Gasteiger partial charge in [0.05, 0.1) is 11.0 Å². The Bertz CT molecular complexity index is 1510. The van der Waals surface area contributed by atoms with Crippen molar-refractivity contribution < 1.29 is 62.2 Å². The number of ether oxygens (including phenoxy) is 3. The molecule has 11 nitrogen and oxygen atoms in total. The first-order chi connectivity index (χ1) is 20.6. The molecular formula is C30H30F3NO10. The Morgan fingerprint density at radius 2 is 1.77 bits per heavy atom. The van der Waals surface area contributed by atoms with Crippen molar-refractivity contribution in [3.63, 3.8) is 0 Å². The summed E-state index contributed by atoms with van der Waals surface area (Å²) in [4.78, 5) is 36.7. The average molecular weight is 622 g/mol. The summed E-state index contributed by atoms with van der Waals surface area (Å²) in [7, 11) is 1.99. The maximum Gasteiger partial charge on any atom is 0.490 e. The summed E-state index contributed by atoms with van der Waals surface area (Å²) in [6, 6.07) is 11.7. The number of carboxylic acids is 1. The Kier molecular flexibility index (Phi) is 7.89. The quantitative estimate of drug-likeness (QED) is 0.363. The Hall–Kier alpha value is -4.14. The fourth-order valence-corrected chi connectivity index (χ4v) is 6.70. The number of carbonyl (C=O) groups is 3. The predicted molar refractivity (Wildman–Crippen MR) is 143 cm³/mol. The minimum Gasteiger partial charge on any atom is -0.504 e. The molecule has 2 aromatic carbocycles. The van der Waals surface area contributed by atoms with E-state index in [2.05, 4.69) is 4.90 Å². The number of carbonyl (C=O) groups excluding carboxylic acids is 2. The van der Waals surface area contributed by atoms with Gasteiger partial charge in [-0.05, 0) is 51.1 Å². The van der Waals surface area contributed by atoms with Gasteiger partial charge in [0.1, 0.15) is 11.9 Å². The van der Waals surface area contributed by atoms with Gasteiger partial charge in [-0.25, -0.2) is 14.4 Å². The normalized spacial score (nSPS) is 27.8. The van der Waals surface area contributed by atoms with Gasteiger partial charge in [0.25, 0.3) is 0 Å². The number of aliphatic hydroxyl groups excluding tert-OH is 1. The van der Waals surface area contributed by atoms with Crippen LogP contribution in [0.2, 0.25) is 0 Å². The number of benzene rings is 2. The van der Waals surface area contributed by atoms with E-state index in [1.807, 2.05) is 13.1 Å². The van der Waals surface area contributed by atoms with E-state index in [9.17, 15) is 38.1 Å². The number of phenolic OH excluding ortho intramolecular Hbond substituents is 1. The Morgan fingerprint density at radius 3 is 2.39 bits per heavy atom. The van der Waals surface area contributed by atoms with Gasteiger partial charge in [-0.2, -0.15) is 13.2 Å². The molecule has 4 aliphatic rings.